The minimum Gasteiger partial charge on any atom is -0.343 e. The molecular formula is C7H9N7O. The highest BCUT2D eigenvalue weighted by molar-refractivity contribution is 5.91. The Kier molecular flexibility index (Phi) is 2.40. The van der Waals surface area contributed by atoms with Gasteiger partial charge in [-0.05, 0) is 0 Å². The molecule has 15 heavy (non-hydrogen) atoms. The minimum atomic E-state index is -0.309. The number of amides is 1. The first-order chi connectivity index (χ1) is 7.25. The number of aryl methyl sites for hydroxylation is 1. The third-order valence-electron chi connectivity index (χ3n) is 1.70. The zero-order valence-electron chi connectivity index (χ0n) is 8.01. The molecule has 0 radical (unpaired) electrons. The molecule has 0 aliphatic heterocycles. The van der Waals surface area contributed by atoms with E-state index in [0.717, 1.165) is 0 Å². The van der Waals surface area contributed by atoms with E-state index in [9.17, 15) is 4.79 Å². The molecule has 2 heterocycles. The Labute approximate surface area is 84.7 Å². The van der Waals surface area contributed by atoms with Gasteiger partial charge in [-0.1, -0.05) is 0 Å². The second kappa shape index (κ2) is 3.86. The van der Waals surface area contributed by atoms with Crippen molar-refractivity contribution in [3.05, 3.63) is 24.0 Å². The van der Waals surface area contributed by atoms with Crippen molar-refractivity contribution >= 4 is 5.91 Å². The van der Waals surface area contributed by atoms with Gasteiger partial charge in [-0.15, -0.1) is 0 Å². The van der Waals surface area contributed by atoms with Gasteiger partial charge in [0.15, 0.2) is 11.5 Å². The van der Waals surface area contributed by atoms with E-state index >= 15 is 0 Å². The summed E-state index contributed by atoms with van der Waals surface area (Å²) in [5.41, 5.74) is 0.242. The largest absolute Gasteiger partial charge is 0.343 e. The predicted octanol–water partition coefficient (Wildman–Crippen LogP) is -1.14. The second-order valence-electron chi connectivity index (χ2n) is 2.87. The Morgan fingerprint density at radius 1 is 1.67 bits per heavy atom. The zero-order chi connectivity index (χ0) is 10.7. The third kappa shape index (κ3) is 2.16. The van der Waals surface area contributed by atoms with Crippen LogP contribution in [0.25, 0.3) is 0 Å². The van der Waals surface area contributed by atoms with E-state index in [4.69, 9.17) is 0 Å². The van der Waals surface area contributed by atoms with Gasteiger partial charge in [0.05, 0.1) is 12.7 Å². The monoisotopic (exact) mass is 207 g/mol. The van der Waals surface area contributed by atoms with Crippen LogP contribution in [0.2, 0.25) is 0 Å². The summed E-state index contributed by atoms with van der Waals surface area (Å²) in [7, 11) is 1.76. The Morgan fingerprint density at radius 2 is 2.53 bits per heavy atom. The molecule has 0 aliphatic carbocycles. The highest BCUT2D eigenvalue weighted by Gasteiger charge is 2.08. The first-order valence-electron chi connectivity index (χ1n) is 4.24. The highest BCUT2D eigenvalue weighted by atomic mass is 16.2. The van der Waals surface area contributed by atoms with Crippen molar-refractivity contribution in [2.45, 2.75) is 6.54 Å². The molecule has 0 unspecified atom stereocenters. The van der Waals surface area contributed by atoms with Crippen LogP contribution in [0.1, 0.15) is 16.3 Å². The molecule has 0 bridgehead atoms. The maximum atomic E-state index is 11.4. The number of carbonyl (C=O) groups excluding carboxylic acids is 1. The first-order valence-corrected chi connectivity index (χ1v) is 4.24. The lowest BCUT2D eigenvalue weighted by atomic mass is 10.4. The molecule has 0 aliphatic rings. The third-order valence-corrected chi connectivity index (χ3v) is 1.70. The lowest BCUT2D eigenvalue weighted by Gasteiger charge is -1.97. The highest BCUT2D eigenvalue weighted by Crippen LogP contribution is 1.91. The molecule has 8 nitrogen and oxygen atoms in total. The van der Waals surface area contributed by atoms with Crippen molar-refractivity contribution in [2.24, 2.45) is 7.05 Å². The summed E-state index contributed by atoms with van der Waals surface area (Å²) < 4.78 is 1.57. The van der Waals surface area contributed by atoms with E-state index in [1.165, 1.54) is 6.20 Å². The average molecular weight is 207 g/mol. The summed E-state index contributed by atoms with van der Waals surface area (Å²) >= 11 is 0. The fourth-order valence-corrected chi connectivity index (χ4v) is 1.03. The second-order valence-corrected chi connectivity index (χ2v) is 2.87. The molecule has 0 aromatic carbocycles. The van der Waals surface area contributed by atoms with Crippen LogP contribution in [0.15, 0.2) is 12.5 Å². The van der Waals surface area contributed by atoms with E-state index < -0.39 is 0 Å². The van der Waals surface area contributed by atoms with Crippen molar-refractivity contribution in [3.63, 3.8) is 0 Å². The molecule has 2 aromatic heterocycles. The van der Waals surface area contributed by atoms with Gasteiger partial charge >= 0.3 is 0 Å². The number of rotatable bonds is 3. The van der Waals surface area contributed by atoms with Gasteiger partial charge in [0, 0.05) is 7.05 Å². The summed E-state index contributed by atoms with van der Waals surface area (Å²) in [4.78, 5) is 15.4. The summed E-state index contributed by atoms with van der Waals surface area (Å²) in [6, 6.07) is 0. The van der Waals surface area contributed by atoms with Crippen LogP contribution in [0, 0.1) is 0 Å². The van der Waals surface area contributed by atoms with E-state index in [-0.39, 0.29) is 18.1 Å². The van der Waals surface area contributed by atoms with Gasteiger partial charge in [0.25, 0.3) is 5.91 Å². The van der Waals surface area contributed by atoms with Gasteiger partial charge in [0.1, 0.15) is 6.33 Å². The molecule has 0 spiro atoms. The molecule has 78 valence electrons. The molecule has 2 rings (SSSR count). The predicted molar refractivity (Wildman–Crippen MR) is 48.6 cm³/mol. The van der Waals surface area contributed by atoms with Gasteiger partial charge in [-0.2, -0.15) is 20.5 Å². The van der Waals surface area contributed by atoms with Gasteiger partial charge < -0.3 is 5.32 Å². The van der Waals surface area contributed by atoms with E-state index in [1.807, 2.05) is 0 Å². The topological polar surface area (TPSA) is 101 Å². The van der Waals surface area contributed by atoms with Crippen LogP contribution in [0.4, 0.5) is 0 Å². The Balaban J connectivity index is 1.91. The molecular weight excluding hydrogens is 198 g/mol. The van der Waals surface area contributed by atoms with Crippen LogP contribution in [-0.4, -0.2) is 36.1 Å². The molecule has 1 amide bonds. The number of hydrogen-bond acceptors (Lipinski definition) is 5. The number of aromatic amines is 1. The SMILES string of the molecule is Cn1cnc(CNC(=O)c2cn[nH]n2)n1. The summed E-state index contributed by atoms with van der Waals surface area (Å²) in [5.74, 6) is 0.241. The molecule has 8 heteroatoms. The average Bonchev–Trinajstić information content (AvgIpc) is 2.84. The van der Waals surface area contributed by atoms with Crippen LogP contribution in [0.3, 0.4) is 0 Å². The fourth-order valence-electron chi connectivity index (χ4n) is 1.03. The minimum absolute atomic E-state index is 0.242. The normalized spacial score (nSPS) is 10.2. The van der Waals surface area contributed by atoms with Crippen LogP contribution >= 0.6 is 0 Å². The van der Waals surface area contributed by atoms with E-state index in [2.05, 4.69) is 30.8 Å². The van der Waals surface area contributed by atoms with Gasteiger partial charge in [-0.25, -0.2) is 4.98 Å². The van der Waals surface area contributed by atoms with Crippen molar-refractivity contribution in [1.82, 2.24) is 35.5 Å². The number of nitrogens with one attached hydrogen (secondary N) is 2. The van der Waals surface area contributed by atoms with Crippen molar-refractivity contribution in [2.75, 3.05) is 0 Å². The van der Waals surface area contributed by atoms with E-state index in [1.54, 1.807) is 18.1 Å². The van der Waals surface area contributed by atoms with Crippen LogP contribution in [-0.2, 0) is 13.6 Å². The van der Waals surface area contributed by atoms with E-state index in [0.29, 0.717) is 5.82 Å². The molecule has 2 aromatic rings. The van der Waals surface area contributed by atoms with Gasteiger partial charge in [-0.3, -0.25) is 9.48 Å². The van der Waals surface area contributed by atoms with Crippen LogP contribution in [0.5, 0.6) is 0 Å². The Bertz CT molecular complexity index is 446. The van der Waals surface area contributed by atoms with Crippen molar-refractivity contribution < 1.29 is 4.79 Å². The Morgan fingerprint density at radius 3 is 3.13 bits per heavy atom. The lowest BCUT2D eigenvalue weighted by molar-refractivity contribution is 0.0945. The number of carbonyl (C=O) groups is 1. The zero-order valence-corrected chi connectivity index (χ0v) is 8.01. The molecule has 2 N–H and O–H groups in total. The summed E-state index contributed by atoms with van der Waals surface area (Å²) in [5, 5.41) is 16.2. The van der Waals surface area contributed by atoms with Gasteiger partial charge in [0.2, 0.25) is 0 Å². The number of nitrogens with zero attached hydrogens (tertiary/aromatic N) is 5. The maximum absolute atomic E-state index is 11.4. The number of hydrogen-bond donors (Lipinski definition) is 2. The number of H-pyrrole nitrogens is 1. The maximum Gasteiger partial charge on any atom is 0.273 e. The van der Waals surface area contributed by atoms with Crippen LogP contribution < -0.4 is 5.32 Å². The molecule has 0 atom stereocenters. The lowest BCUT2D eigenvalue weighted by Crippen LogP contribution is -2.23. The summed E-state index contributed by atoms with van der Waals surface area (Å²) in [6.07, 6.45) is 2.92. The Hall–Kier alpha value is -2.25. The smallest absolute Gasteiger partial charge is 0.273 e. The number of aromatic nitrogens is 6. The quantitative estimate of drug-likeness (QED) is 0.662. The fraction of sp³-hybridized carbons (Fsp3) is 0.286. The van der Waals surface area contributed by atoms with Crippen molar-refractivity contribution in [3.8, 4) is 0 Å². The standard InChI is InChI=1S/C7H9N7O/c1-14-4-9-6(12-14)3-8-7(15)5-2-10-13-11-5/h2,4H,3H2,1H3,(H,8,15)(H,10,11,13). The molecule has 0 saturated carbocycles. The first kappa shape index (κ1) is 9.31. The van der Waals surface area contributed by atoms with Crippen molar-refractivity contribution in [1.29, 1.82) is 0 Å². The molecule has 0 fully saturated rings. The summed E-state index contributed by atoms with van der Waals surface area (Å²) in [6.45, 7) is 0.270. The molecule has 0 saturated heterocycles.